The Hall–Kier alpha value is -1.82. The molecule has 2 N–H and O–H groups in total. The fraction of sp³-hybridized carbons (Fsp3) is 0.538. The first-order valence-corrected chi connectivity index (χ1v) is 6.46. The summed E-state index contributed by atoms with van der Waals surface area (Å²) in [5, 5.41) is 2.53. The Balaban J connectivity index is 1.74. The summed E-state index contributed by atoms with van der Waals surface area (Å²) < 4.78 is 4.94. The zero-order valence-corrected chi connectivity index (χ0v) is 10.8. The number of carbonyl (C=O) groups excluding carboxylic acids is 2. The van der Waals surface area contributed by atoms with E-state index in [1.54, 1.807) is 13.0 Å². The fourth-order valence-electron chi connectivity index (χ4n) is 1.98. The van der Waals surface area contributed by atoms with E-state index in [1.807, 2.05) is 0 Å². The maximum absolute atomic E-state index is 11.7. The van der Waals surface area contributed by atoms with E-state index in [0.717, 1.165) is 25.7 Å². The van der Waals surface area contributed by atoms with E-state index in [-0.39, 0.29) is 17.8 Å². The molecule has 104 valence electrons. The van der Waals surface area contributed by atoms with E-state index in [0.29, 0.717) is 0 Å². The third-order valence-electron chi connectivity index (χ3n) is 3.11. The molecule has 0 bridgehead atoms. The number of furan rings is 1. The summed E-state index contributed by atoms with van der Waals surface area (Å²) in [5.74, 6) is -0.614. The third kappa shape index (κ3) is 3.82. The van der Waals surface area contributed by atoms with Gasteiger partial charge in [-0.05, 0) is 31.9 Å². The first-order chi connectivity index (χ1) is 9.16. The van der Waals surface area contributed by atoms with Crippen molar-refractivity contribution in [1.82, 2.24) is 10.8 Å². The van der Waals surface area contributed by atoms with Crippen molar-refractivity contribution >= 4 is 11.8 Å². The van der Waals surface area contributed by atoms with Crippen LogP contribution < -0.4 is 10.8 Å². The smallest absolute Gasteiger partial charge is 0.287 e. The van der Waals surface area contributed by atoms with Gasteiger partial charge in [-0.25, -0.2) is 5.48 Å². The van der Waals surface area contributed by atoms with Crippen molar-refractivity contribution in [2.24, 2.45) is 0 Å². The summed E-state index contributed by atoms with van der Waals surface area (Å²) in [6, 6.07) is 2.47. The fourth-order valence-corrected chi connectivity index (χ4v) is 1.98. The number of amides is 2. The predicted molar refractivity (Wildman–Crippen MR) is 67.1 cm³/mol. The molecular formula is C13H18N2O4. The first-order valence-electron chi connectivity index (χ1n) is 6.46. The zero-order valence-electron chi connectivity index (χ0n) is 10.8. The van der Waals surface area contributed by atoms with Crippen LogP contribution in [0.3, 0.4) is 0 Å². The van der Waals surface area contributed by atoms with Gasteiger partial charge in [0.25, 0.3) is 11.8 Å². The Kier molecular flexibility index (Phi) is 4.57. The highest BCUT2D eigenvalue weighted by Crippen LogP contribution is 2.19. The molecule has 0 aliphatic heterocycles. The molecule has 2 rings (SSSR count). The van der Waals surface area contributed by atoms with Crippen LogP contribution >= 0.6 is 0 Å². The van der Waals surface area contributed by atoms with Gasteiger partial charge in [-0.2, -0.15) is 0 Å². The molecule has 19 heavy (non-hydrogen) atoms. The summed E-state index contributed by atoms with van der Waals surface area (Å²) in [4.78, 5) is 28.7. The van der Waals surface area contributed by atoms with Crippen LogP contribution in [0.15, 0.2) is 22.8 Å². The maximum Gasteiger partial charge on any atom is 0.287 e. The molecular weight excluding hydrogens is 248 g/mol. The van der Waals surface area contributed by atoms with Crippen molar-refractivity contribution in [2.75, 3.05) is 0 Å². The minimum Gasteiger partial charge on any atom is -0.459 e. The number of hydroxylamine groups is 1. The molecule has 2 amide bonds. The quantitative estimate of drug-likeness (QED) is 0.789. The van der Waals surface area contributed by atoms with Crippen LogP contribution in [0.4, 0.5) is 0 Å². The average Bonchev–Trinajstić information content (AvgIpc) is 3.08. The van der Waals surface area contributed by atoms with Crippen molar-refractivity contribution in [3.8, 4) is 0 Å². The lowest BCUT2D eigenvalue weighted by atomic mass is 10.3. The van der Waals surface area contributed by atoms with Crippen LogP contribution in [0.1, 0.15) is 43.2 Å². The van der Waals surface area contributed by atoms with E-state index in [2.05, 4.69) is 10.8 Å². The number of hydrogen-bond donors (Lipinski definition) is 2. The Bertz CT molecular complexity index is 424. The zero-order chi connectivity index (χ0) is 13.7. The molecule has 1 aliphatic carbocycles. The molecule has 1 fully saturated rings. The minimum atomic E-state index is -0.681. The molecule has 1 aromatic rings. The van der Waals surface area contributed by atoms with E-state index in [4.69, 9.17) is 9.25 Å². The number of nitrogens with one attached hydrogen (secondary N) is 2. The Morgan fingerprint density at radius 3 is 2.79 bits per heavy atom. The monoisotopic (exact) mass is 266 g/mol. The summed E-state index contributed by atoms with van der Waals surface area (Å²) >= 11 is 0. The minimum absolute atomic E-state index is 0.0944. The standard InChI is InChI=1S/C13H18N2O4/c1-9(14-13(17)11-7-4-8-18-11)12(16)15-19-10-5-2-3-6-10/h4,7-10H,2-3,5-6H2,1H3,(H,14,17)(H,15,16). The second-order valence-corrected chi connectivity index (χ2v) is 4.66. The van der Waals surface area contributed by atoms with Crippen molar-refractivity contribution in [2.45, 2.75) is 44.8 Å². The lowest BCUT2D eigenvalue weighted by molar-refractivity contribution is -0.139. The van der Waals surface area contributed by atoms with Gasteiger partial charge < -0.3 is 9.73 Å². The molecule has 6 nitrogen and oxygen atoms in total. The average molecular weight is 266 g/mol. The highest BCUT2D eigenvalue weighted by molar-refractivity contribution is 5.95. The molecule has 1 atom stereocenters. The van der Waals surface area contributed by atoms with Gasteiger partial charge in [0.05, 0.1) is 12.4 Å². The van der Waals surface area contributed by atoms with Gasteiger partial charge in [0.2, 0.25) is 0 Å². The second-order valence-electron chi connectivity index (χ2n) is 4.66. The lowest BCUT2D eigenvalue weighted by Gasteiger charge is -2.15. The van der Waals surface area contributed by atoms with E-state index < -0.39 is 11.9 Å². The molecule has 1 saturated carbocycles. The predicted octanol–water partition coefficient (Wildman–Crippen LogP) is 1.39. The molecule has 6 heteroatoms. The third-order valence-corrected chi connectivity index (χ3v) is 3.11. The highest BCUT2D eigenvalue weighted by Gasteiger charge is 2.21. The van der Waals surface area contributed by atoms with Gasteiger partial charge in [-0.1, -0.05) is 12.8 Å². The SMILES string of the molecule is CC(NC(=O)c1ccco1)C(=O)NOC1CCCC1. The summed E-state index contributed by atoms with van der Waals surface area (Å²) in [6.07, 6.45) is 5.69. The number of carbonyl (C=O) groups is 2. The van der Waals surface area contributed by atoms with Crippen LogP contribution in [0, 0.1) is 0 Å². The Morgan fingerprint density at radius 1 is 1.42 bits per heavy atom. The Labute approximate surface area is 111 Å². The molecule has 1 unspecified atom stereocenters. The van der Waals surface area contributed by atoms with Gasteiger partial charge in [0, 0.05) is 0 Å². The van der Waals surface area contributed by atoms with Gasteiger partial charge in [-0.15, -0.1) is 0 Å². The largest absolute Gasteiger partial charge is 0.459 e. The van der Waals surface area contributed by atoms with Crippen LogP contribution in [0.2, 0.25) is 0 Å². The number of hydrogen-bond acceptors (Lipinski definition) is 4. The van der Waals surface area contributed by atoms with Crippen LogP contribution in [-0.2, 0) is 9.63 Å². The van der Waals surface area contributed by atoms with E-state index in [9.17, 15) is 9.59 Å². The molecule has 0 saturated heterocycles. The Morgan fingerprint density at radius 2 is 2.16 bits per heavy atom. The van der Waals surface area contributed by atoms with Gasteiger partial charge in [-0.3, -0.25) is 14.4 Å². The molecule has 1 aliphatic rings. The topological polar surface area (TPSA) is 80.6 Å². The highest BCUT2D eigenvalue weighted by atomic mass is 16.7. The summed E-state index contributed by atoms with van der Waals surface area (Å²) in [5.41, 5.74) is 2.39. The molecule has 1 aromatic heterocycles. The van der Waals surface area contributed by atoms with Crippen molar-refractivity contribution in [3.63, 3.8) is 0 Å². The van der Waals surface area contributed by atoms with E-state index in [1.165, 1.54) is 12.3 Å². The van der Waals surface area contributed by atoms with Crippen LogP contribution in [-0.4, -0.2) is 24.0 Å². The van der Waals surface area contributed by atoms with Gasteiger partial charge >= 0.3 is 0 Å². The van der Waals surface area contributed by atoms with Gasteiger partial charge in [0.15, 0.2) is 5.76 Å². The summed E-state index contributed by atoms with van der Waals surface area (Å²) in [7, 11) is 0. The van der Waals surface area contributed by atoms with Crippen LogP contribution in [0.5, 0.6) is 0 Å². The number of rotatable bonds is 5. The molecule has 0 spiro atoms. The van der Waals surface area contributed by atoms with Gasteiger partial charge in [0.1, 0.15) is 6.04 Å². The van der Waals surface area contributed by atoms with Crippen LogP contribution in [0.25, 0.3) is 0 Å². The van der Waals surface area contributed by atoms with Crippen molar-refractivity contribution in [1.29, 1.82) is 0 Å². The molecule has 1 heterocycles. The lowest BCUT2D eigenvalue weighted by Crippen LogP contribution is -2.45. The second kappa shape index (κ2) is 6.38. The summed E-state index contributed by atoms with van der Waals surface area (Å²) in [6.45, 7) is 1.59. The maximum atomic E-state index is 11.7. The van der Waals surface area contributed by atoms with E-state index >= 15 is 0 Å². The van der Waals surface area contributed by atoms with Crippen molar-refractivity contribution < 1.29 is 18.8 Å². The van der Waals surface area contributed by atoms with Crippen molar-refractivity contribution in [3.05, 3.63) is 24.2 Å². The molecule has 0 aromatic carbocycles. The first kappa shape index (κ1) is 13.6. The normalized spacial score (nSPS) is 17.1. The molecule has 0 radical (unpaired) electrons.